The number of ether oxygens (including phenoxy) is 2. The molecule has 0 aliphatic heterocycles. The van der Waals surface area contributed by atoms with Crippen molar-refractivity contribution in [1.82, 2.24) is 9.66 Å². The van der Waals surface area contributed by atoms with Gasteiger partial charge in [0, 0.05) is 31.4 Å². The third-order valence-corrected chi connectivity index (χ3v) is 4.26. The Hall–Kier alpha value is -3.88. The number of aromatic amines is 1. The number of fused-ring (bicyclic) bond motifs is 1. The summed E-state index contributed by atoms with van der Waals surface area (Å²) >= 11 is 0. The van der Waals surface area contributed by atoms with Crippen LogP contribution in [0.15, 0.2) is 57.2 Å². The molecular weight excluding hydrogens is 388 g/mol. The first-order chi connectivity index (χ1) is 14.4. The van der Waals surface area contributed by atoms with Crippen molar-refractivity contribution in [2.75, 3.05) is 32.2 Å². The number of carbonyl (C=O) groups excluding carboxylic acids is 1. The van der Waals surface area contributed by atoms with E-state index in [4.69, 9.17) is 9.47 Å². The zero-order chi connectivity index (χ0) is 21.7. The van der Waals surface area contributed by atoms with Gasteiger partial charge < -0.3 is 19.4 Å². The standard InChI is InChI=1S/C21H22N4O5/c1-4-29-19(26)13-30-18-11-15(24(2)3)10-9-14(18)12-22-25-20(27)16-7-5-6-8-17(16)23-21(25)28/h5-12H,4,13H2,1-3H3,(H,23,28). The second-order valence-corrected chi connectivity index (χ2v) is 6.55. The Kier molecular flexibility index (Phi) is 6.31. The third kappa shape index (κ3) is 4.57. The van der Waals surface area contributed by atoms with Crippen molar-refractivity contribution in [2.24, 2.45) is 5.10 Å². The maximum atomic E-state index is 12.6. The van der Waals surface area contributed by atoms with Crippen molar-refractivity contribution >= 4 is 28.8 Å². The van der Waals surface area contributed by atoms with Gasteiger partial charge in [0.15, 0.2) is 6.61 Å². The van der Waals surface area contributed by atoms with Gasteiger partial charge in [0.2, 0.25) is 0 Å². The first-order valence-corrected chi connectivity index (χ1v) is 9.29. The highest BCUT2D eigenvalue weighted by Gasteiger charge is 2.10. The molecule has 0 fully saturated rings. The molecule has 0 radical (unpaired) electrons. The Labute approximate surface area is 172 Å². The Morgan fingerprint density at radius 1 is 1.20 bits per heavy atom. The molecule has 0 atom stereocenters. The molecular formula is C21H22N4O5. The summed E-state index contributed by atoms with van der Waals surface area (Å²) in [6.45, 7) is 1.69. The van der Waals surface area contributed by atoms with Crippen LogP contribution in [0.1, 0.15) is 12.5 Å². The van der Waals surface area contributed by atoms with Gasteiger partial charge in [0.05, 0.1) is 23.7 Å². The zero-order valence-corrected chi connectivity index (χ0v) is 16.9. The Morgan fingerprint density at radius 2 is 1.97 bits per heavy atom. The number of esters is 1. The molecule has 9 heteroatoms. The molecule has 1 aromatic heterocycles. The van der Waals surface area contributed by atoms with E-state index in [1.54, 1.807) is 43.3 Å². The van der Waals surface area contributed by atoms with Crippen LogP contribution in [-0.2, 0) is 9.53 Å². The minimum atomic E-state index is -0.658. The molecule has 1 heterocycles. The van der Waals surface area contributed by atoms with Crippen LogP contribution in [0.5, 0.6) is 5.75 Å². The minimum absolute atomic E-state index is 0.252. The number of nitrogens with one attached hydrogen (secondary N) is 1. The normalized spacial score (nSPS) is 11.0. The van der Waals surface area contributed by atoms with E-state index in [0.29, 0.717) is 22.2 Å². The average molecular weight is 410 g/mol. The summed E-state index contributed by atoms with van der Waals surface area (Å²) in [5, 5.41) is 4.39. The quantitative estimate of drug-likeness (QED) is 0.468. The van der Waals surface area contributed by atoms with Gasteiger partial charge in [-0.05, 0) is 31.2 Å². The maximum Gasteiger partial charge on any atom is 0.349 e. The monoisotopic (exact) mass is 410 g/mol. The minimum Gasteiger partial charge on any atom is -0.481 e. The van der Waals surface area contributed by atoms with Gasteiger partial charge in [-0.1, -0.05) is 12.1 Å². The Balaban J connectivity index is 1.98. The lowest BCUT2D eigenvalue weighted by Crippen LogP contribution is -2.32. The van der Waals surface area contributed by atoms with Gasteiger partial charge in [-0.25, -0.2) is 9.59 Å². The molecule has 3 aromatic rings. The Morgan fingerprint density at radius 3 is 2.70 bits per heavy atom. The second kappa shape index (κ2) is 9.08. The fourth-order valence-corrected chi connectivity index (χ4v) is 2.75. The molecule has 0 bridgehead atoms. The van der Waals surface area contributed by atoms with Gasteiger partial charge in [-0.15, -0.1) is 4.68 Å². The topological polar surface area (TPSA) is 106 Å². The highest BCUT2D eigenvalue weighted by molar-refractivity contribution is 5.85. The van der Waals surface area contributed by atoms with Gasteiger partial charge in [-0.2, -0.15) is 5.10 Å². The highest BCUT2D eigenvalue weighted by Crippen LogP contribution is 2.24. The number of benzene rings is 2. The molecule has 1 N–H and O–H groups in total. The molecule has 3 rings (SSSR count). The maximum absolute atomic E-state index is 12.6. The Bertz CT molecular complexity index is 1210. The highest BCUT2D eigenvalue weighted by atomic mass is 16.6. The van der Waals surface area contributed by atoms with Gasteiger partial charge in [-0.3, -0.25) is 4.79 Å². The molecule has 0 saturated carbocycles. The van der Waals surface area contributed by atoms with E-state index < -0.39 is 17.2 Å². The van der Waals surface area contributed by atoms with Crippen LogP contribution in [-0.4, -0.2) is 49.2 Å². The fourth-order valence-electron chi connectivity index (χ4n) is 2.75. The summed E-state index contributed by atoms with van der Waals surface area (Å²) in [6, 6.07) is 12.0. The van der Waals surface area contributed by atoms with Crippen molar-refractivity contribution in [3.8, 4) is 5.75 Å². The molecule has 0 unspecified atom stereocenters. The van der Waals surface area contributed by atoms with Crippen LogP contribution in [0.25, 0.3) is 10.9 Å². The van der Waals surface area contributed by atoms with Crippen LogP contribution in [0.3, 0.4) is 0 Å². The molecule has 156 valence electrons. The van der Waals surface area contributed by atoms with Crippen molar-refractivity contribution in [2.45, 2.75) is 6.92 Å². The number of H-pyrrole nitrogens is 1. The van der Waals surface area contributed by atoms with Crippen LogP contribution >= 0.6 is 0 Å². The molecule has 9 nitrogen and oxygen atoms in total. The number of para-hydroxylation sites is 1. The number of rotatable bonds is 7. The lowest BCUT2D eigenvalue weighted by Gasteiger charge is -2.15. The summed E-state index contributed by atoms with van der Waals surface area (Å²) in [5.41, 5.74) is 0.571. The van der Waals surface area contributed by atoms with Crippen molar-refractivity contribution < 1.29 is 14.3 Å². The molecule has 0 amide bonds. The summed E-state index contributed by atoms with van der Waals surface area (Å²) in [7, 11) is 3.73. The van der Waals surface area contributed by atoms with Crippen LogP contribution in [0.2, 0.25) is 0 Å². The number of aromatic nitrogens is 2. The third-order valence-electron chi connectivity index (χ3n) is 4.26. The summed E-state index contributed by atoms with van der Waals surface area (Å²) in [5.74, 6) is -0.138. The lowest BCUT2D eigenvalue weighted by atomic mass is 10.2. The fraction of sp³-hybridized carbons (Fsp3) is 0.238. The van der Waals surface area contributed by atoms with Gasteiger partial charge in [0.25, 0.3) is 5.56 Å². The number of carbonyl (C=O) groups is 1. The smallest absolute Gasteiger partial charge is 0.349 e. The zero-order valence-electron chi connectivity index (χ0n) is 16.9. The molecule has 30 heavy (non-hydrogen) atoms. The predicted molar refractivity (Wildman–Crippen MR) is 115 cm³/mol. The van der Waals surface area contributed by atoms with Crippen molar-refractivity contribution in [3.63, 3.8) is 0 Å². The van der Waals surface area contributed by atoms with Gasteiger partial charge >= 0.3 is 11.7 Å². The second-order valence-electron chi connectivity index (χ2n) is 6.55. The summed E-state index contributed by atoms with van der Waals surface area (Å²) < 4.78 is 11.2. The van der Waals surface area contributed by atoms with E-state index in [1.807, 2.05) is 25.1 Å². The first-order valence-electron chi connectivity index (χ1n) is 9.29. The van der Waals surface area contributed by atoms with Crippen molar-refractivity contribution in [1.29, 1.82) is 0 Å². The lowest BCUT2D eigenvalue weighted by molar-refractivity contribution is -0.145. The van der Waals surface area contributed by atoms with Crippen molar-refractivity contribution in [3.05, 3.63) is 68.9 Å². The molecule has 0 aliphatic rings. The predicted octanol–water partition coefficient (Wildman–Crippen LogP) is 1.58. The molecule has 0 aliphatic carbocycles. The largest absolute Gasteiger partial charge is 0.481 e. The molecule has 0 spiro atoms. The van der Waals surface area contributed by atoms with Crippen LogP contribution in [0, 0.1) is 0 Å². The van der Waals surface area contributed by atoms with E-state index >= 15 is 0 Å². The van der Waals surface area contributed by atoms with E-state index in [0.717, 1.165) is 10.4 Å². The average Bonchev–Trinajstić information content (AvgIpc) is 2.72. The summed E-state index contributed by atoms with van der Waals surface area (Å²) in [4.78, 5) is 41.1. The molecule has 2 aromatic carbocycles. The van der Waals surface area contributed by atoms with Crippen LogP contribution < -0.4 is 20.9 Å². The van der Waals surface area contributed by atoms with E-state index in [-0.39, 0.29) is 13.2 Å². The van der Waals surface area contributed by atoms with E-state index in [1.165, 1.54) is 6.21 Å². The SMILES string of the molecule is CCOC(=O)COc1cc(N(C)C)ccc1C=Nn1c(=O)[nH]c2ccccc2c1=O. The first kappa shape index (κ1) is 20.8. The van der Waals surface area contributed by atoms with E-state index in [2.05, 4.69) is 10.1 Å². The number of nitrogens with zero attached hydrogens (tertiary/aromatic N) is 3. The summed E-state index contributed by atoms with van der Waals surface area (Å²) in [6.07, 6.45) is 1.34. The number of hydrogen-bond acceptors (Lipinski definition) is 7. The van der Waals surface area contributed by atoms with Gasteiger partial charge in [0.1, 0.15) is 5.75 Å². The van der Waals surface area contributed by atoms with E-state index in [9.17, 15) is 14.4 Å². The molecule has 0 saturated heterocycles. The van der Waals surface area contributed by atoms with Crippen LogP contribution in [0.4, 0.5) is 5.69 Å². The number of anilines is 1. The number of hydrogen-bond donors (Lipinski definition) is 1.